The molecule has 0 aliphatic heterocycles. The molecule has 0 saturated heterocycles. The Morgan fingerprint density at radius 2 is 1.81 bits per heavy atom. The molecule has 0 spiro atoms. The van der Waals surface area contributed by atoms with E-state index in [1.165, 1.54) is 0 Å². The van der Waals surface area contributed by atoms with Crippen LogP contribution < -0.4 is 0 Å². The third-order valence-electron chi connectivity index (χ3n) is 3.31. The van der Waals surface area contributed by atoms with Crippen LogP contribution in [0, 0.1) is 0 Å². The molecule has 2 aromatic carbocycles. The summed E-state index contributed by atoms with van der Waals surface area (Å²) < 4.78 is 10.6. The predicted octanol–water partition coefficient (Wildman–Crippen LogP) is 3.06. The van der Waals surface area contributed by atoms with Crippen LogP contribution in [0.3, 0.4) is 0 Å². The maximum absolute atomic E-state index is 11.9. The highest BCUT2D eigenvalue weighted by Gasteiger charge is 2.21. The van der Waals surface area contributed by atoms with Gasteiger partial charge in [0.15, 0.2) is 6.10 Å². The summed E-state index contributed by atoms with van der Waals surface area (Å²) >= 11 is 0. The fourth-order valence-corrected chi connectivity index (χ4v) is 2.37. The van der Waals surface area contributed by atoms with Crippen molar-refractivity contribution in [2.45, 2.75) is 26.4 Å². The highest BCUT2D eigenvalue weighted by Crippen LogP contribution is 2.28. The fraction of sp³-hybridized carbons (Fsp3) is 0.353. The van der Waals surface area contributed by atoms with Crippen LogP contribution in [-0.2, 0) is 20.7 Å². The summed E-state index contributed by atoms with van der Waals surface area (Å²) in [5.74, 6) is -0.116. The van der Waals surface area contributed by atoms with Gasteiger partial charge in [-0.15, -0.1) is 0 Å². The number of fused-ring (bicyclic) bond motifs is 1. The first-order valence-corrected chi connectivity index (χ1v) is 7.15. The molecule has 0 aliphatic rings. The standard InChI is InChI=1S/C17H20O4/c1-3-20-16(17(19)21-4-2)11-12-9-10-15(18)14-8-6-5-7-13(12)14/h5-10,16,18H,3-4,11H2,1-2H3/t16-/m1/s1. The largest absolute Gasteiger partial charge is 0.507 e. The van der Waals surface area contributed by atoms with Gasteiger partial charge in [0, 0.05) is 18.4 Å². The van der Waals surface area contributed by atoms with Gasteiger partial charge in [-0.2, -0.15) is 0 Å². The van der Waals surface area contributed by atoms with Crippen molar-refractivity contribution in [1.29, 1.82) is 0 Å². The number of carbonyl (C=O) groups is 1. The maximum Gasteiger partial charge on any atom is 0.335 e. The summed E-state index contributed by atoms with van der Waals surface area (Å²) in [6.45, 7) is 4.40. The lowest BCUT2D eigenvalue weighted by atomic mass is 9.99. The van der Waals surface area contributed by atoms with E-state index in [1.54, 1.807) is 13.0 Å². The molecule has 0 fully saturated rings. The quantitative estimate of drug-likeness (QED) is 0.830. The zero-order valence-corrected chi connectivity index (χ0v) is 12.3. The first-order chi connectivity index (χ1) is 10.2. The normalized spacial score (nSPS) is 12.3. The number of esters is 1. The van der Waals surface area contributed by atoms with Crippen molar-refractivity contribution in [3.8, 4) is 5.75 Å². The van der Waals surface area contributed by atoms with Crippen LogP contribution in [0.25, 0.3) is 10.8 Å². The summed E-state index contributed by atoms with van der Waals surface area (Å²) in [6.07, 6.45) is -0.198. The molecule has 0 heterocycles. The van der Waals surface area contributed by atoms with E-state index in [4.69, 9.17) is 9.47 Å². The van der Waals surface area contributed by atoms with Crippen LogP contribution in [0.5, 0.6) is 5.75 Å². The molecule has 0 radical (unpaired) electrons. The number of rotatable bonds is 6. The third-order valence-corrected chi connectivity index (χ3v) is 3.31. The second-order valence-electron chi connectivity index (χ2n) is 4.69. The lowest BCUT2D eigenvalue weighted by Crippen LogP contribution is -2.29. The molecule has 21 heavy (non-hydrogen) atoms. The molecule has 4 heteroatoms. The van der Waals surface area contributed by atoms with Crippen molar-refractivity contribution < 1.29 is 19.4 Å². The summed E-state index contributed by atoms with van der Waals surface area (Å²) in [5.41, 5.74) is 0.954. The van der Waals surface area contributed by atoms with Crippen LogP contribution in [0.4, 0.5) is 0 Å². The summed E-state index contributed by atoms with van der Waals surface area (Å²) in [7, 11) is 0. The third kappa shape index (κ3) is 3.52. The number of hydrogen-bond donors (Lipinski definition) is 1. The molecule has 0 aliphatic carbocycles. The fourth-order valence-electron chi connectivity index (χ4n) is 2.37. The van der Waals surface area contributed by atoms with Gasteiger partial charge in [0.25, 0.3) is 0 Å². The van der Waals surface area contributed by atoms with Gasteiger partial charge in [-0.25, -0.2) is 4.79 Å². The average Bonchev–Trinajstić information content (AvgIpc) is 2.50. The Bertz CT molecular complexity index is 621. The Balaban J connectivity index is 2.32. The van der Waals surface area contributed by atoms with E-state index in [9.17, 15) is 9.90 Å². The molecule has 1 atom stereocenters. The number of ether oxygens (including phenoxy) is 2. The van der Waals surface area contributed by atoms with Gasteiger partial charge in [0.2, 0.25) is 0 Å². The molecule has 0 saturated carbocycles. The van der Waals surface area contributed by atoms with Crippen LogP contribution in [-0.4, -0.2) is 30.4 Å². The van der Waals surface area contributed by atoms with E-state index in [0.717, 1.165) is 16.3 Å². The second kappa shape index (κ2) is 7.09. The van der Waals surface area contributed by atoms with Crippen molar-refractivity contribution in [2.24, 2.45) is 0 Å². The molecule has 1 N–H and O–H groups in total. The van der Waals surface area contributed by atoms with Crippen LogP contribution in [0.1, 0.15) is 19.4 Å². The minimum absolute atomic E-state index is 0.235. The van der Waals surface area contributed by atoms with Crippen LogP contribution in [0.15, 0.2) is 36.4 Å². The molecule has 0 unspecified atom stereocenters. The number of hydrogen-bond acceptors (Lipinski definition) is 4. The molecular weight excluding hydrogens is 268 g/mol. The van der Waals surface area contributed by atoms with E-state index >= 15 is 0 Å². The first-order valence-electron chi connectivity index (χ1n) is 7.15. The summed E-state index contributed by atoms with van der Waals surface area (Å²) in [5, 5.41) is 11.6. The predicted molar refractivity (Wildman–Crippen MR) is 81.4 cm³/mol. The molecule has 112 valence electrons. The number of carbonyl (C=O) groups excluding carboxylic acids is 1. The number of phenolic OH excluding ortho intramolecular Hbond substituents is 1. The lowest BCUT2D eigenvalue weighted by molar-refractivity contribution is -0.156. The van der Waals surface area contributed by atoms with Crippen molar-refractivity contribution in [2.75, 3.05) is 13.2 Å². The van der Waals surface area contributed by atoms with E-state index in [2.05, 4.69) is 0 Å². The van der Waals surface area contributed by atoms with E-state index in [0.29, 0.717) is 19.6 Å². The molecule has 0 aromatic heterocycles. The summed E-state index contributed by atoms with van der Waals surface area (Å²) in [4.78, 5) is 11.9. The first kappa shape index (κ1) is 15.3. The van der Waals surface area contributed by atoms with Gasteiger partial charge >= 0.3 is 5.97 Å². The lowest BCUT2D eigenvalue weighted by Gasteiger charge is -2.17. The van der Waals surface area contributed by atoms with E-state index in [1.807, 2.05) is 37.3 Å². The number of phenols is 1. The SMILES string of the molecule is CCOC(=O)[C@@H](Cc1ccc(O)c2ccccc12)OCC. The molecule has 4 nitrogen and oxygen atoms in total. The van der Waals surface area contributed by atoms with Gasteiger partial charge in [-0.1, -0.05) is 30.3 Å². The Morgan fingerprint density at radius 3 is 2.48 bits per heavy atom. The van der Waals surface area contributed by atoms with Crippen LogP contribution >= 0.6 is 0 Å². The van der Waals surface area contributed by atoms with Gasteiger partial charge in [-0.05, 0) is 30.9 Å². The minimum Gasteiger partial charge on any atom is -0.507 e. The average molecular weight is 288 g/mol. The van der Waals surface area contributed by atoms with Crippen molar-refractivity contribution in [3.05, 3.63) is 42.0 Å². The smallest absolute Gasteiger partial charge is 0.335 e. The molecular formula is C17H20O4. The Morgan fingerprint density at radius 1 is 1.10 bits per heavy atom. The van der Waals surface area contributed by atoms with E-state index in [-0.39, 0.29) is 11.7 Å². The molecule has 0 bridgehead atoms. The summed E-state index contributed by atoms with van der Waals surface area (Å²) in [6, 6.07) is 11.0. The Labute approximate surface area is 124 Å². The Kier molecular flexibility index (Phi) is 5.17. The number of benzene rings is 2. The molecule has 2 rings (SSSR count). The topological polar surface area (TPSA) is 55.8 Å². The monoisotopic (exact) mass is 288 g/mol. The zero-order chi connectivity index (χ0) is 15.2. The second-order valence-corrected chi connectivity index (χ2v) is 4.69. The van der Waals surface area contributed by atoms with Crippen LogP contribution in [0.2, 0.25) is 0 Å². The maximum atomic E-state index is 11.9. The van der Waals surface area contributed by atoms with Crippen molar-refractivity contribution in [1.82, 2.24) is 0 Å². The van der Waals surface area contributed by atoms with Crippen molar-refractivity contribution >= 4 is 16.7 Å². The highest BCUT2D eigenvalue weighted by molar-refractivity contribution is 5.91. The van der Waals surface area contributed by atoms with Crippen molar-refractivity contribution in [3.63, 3.8) is 0 Å². The Hall–Kier alpha value is -2.07. The highest BCUT2D eigenvalue weighted by atomic mass is 16.6. The van der Waals surface area contributed by atoms with Gasteiger partial charge < -0.3 is 14.6 Å². The number of aromatic hydroxyl groups is 1. The van der Waals surface area contributed by atoms with Gasteiger partial charge in [0.1, 0.15) is 5.75 Å². The zero-order valence-electron chi connectivity index (χ0n) is 12.3. The molecule has 0 amide bonds. The molecule has 2 aromatic rings. The minimum atomic E-state index is -0.622. The van der Waals surface area contributed by atoms with Gasteiger partial charge in [0.05, 0.1) is 6.61 Å². The van der Waals surface area contributed by atoms with Gasteiger partial charge in [-0.3, -0.25) is 0 Å². The van der Waals surface area contributed by atoms with E-state index < -0.39 is 6.10 Å².